The summed E-state index contributed by atoms with van der Waals surface area (Å²) in [7, 11) is 0. The maximum Gasteiger partial charge on any atom is 0.308 e. The fraction of sp³-hybridized carbons (Fsp3) is 0.222. The number of carbonyl (C=O) groups is 2. The fourth-order valence-corrected chi connectivity index (χ4v) is 2.66. The molecule has 0 aliphatic heterocycles. The van der Waals surface area contributed by atoms with Crippen molar-refractivity contribution in [2.45, 2.75) is 26.0 Å². The van der Waals surface area contributed by atoms with E-state index in [1.165, 1.54) is 6.92 Å². The number of esters is 1. The topological polar surface area (TPSA) is 55.4 Å². The average Bonchev–Trinajstić information content (AvgIpc) is 2.55. The molecule has 0 radical (unpaired) electrons. The number of benzene rings is 2. The van der Waals surface area contributed by atoms with E-state index in [2.05, 4.69) is 5.32 Å². The van der Waals surface area contributed by atoms with Crippen LogP contribution in [0.2, 0.25) is 15.1 Å². The lowest BCUT2D eigenvalue weighted by atomic mass is 10.0. The van der Waals surface area contributed by atoms with Crippen LogP contribution >= 0.6 is 34.8 Å². The molecule has 0 spiro atoms. The second-order valence-electron chi connectivity index (χ2n) is 5.42. The molecule has 7 heteroatoms. The first-order chi connectivity index (χ1) is 11.8. The van der Waals surface area contributed by atoms with E-state index in [4.69, 9.17) is 39.5 Å². The van der Waals surface area contributed by atoms with Crippen molar-refractivity contribution in [3.63, 3.8) is 0 Å². The maximum atomic E-state index is 12.1. The Bertz CT molecular complexity index is 763. The summed E-state index contributed by atoms with van der Waals surface area (Å²) in [6, 6.07) is 11.4. The number of hydrogen-bond donors (Lipinski definition) is 1. The Labute approximate surface area is 161 Å². The molecule has 2 aromatic rings. The molecule has 0 heterocycles. The van der Waals surface area contributed by atoms with Crippen LogP contribution in [0, 0.1) is 0 Å². The van der Waals surface area contributed by atoms with Gasteiger partial charge in [-0.2, -0.15) is 0 Å². The van der Waals surface area contributed by atoms with Crippen LogP contribution in [0.1, 0.15) is 30.5 Å². The van der Waals surface area contributed by atoms with Gasteiger partial charge in [-0.1, -0.05) is 53.0 Å². The van der Waals surface area contributed by atoms with Crippen LogP contribution in [-0.4, -0.2) is 11.9 Å². The van der Waals surface area contributed by atoms with Gasteiger partial charge in [0.1, 0.15) is 6.61 Å². The Kier molecular flexibility index (Phi) is 7.12. The highest BCUT2D eigenvalue weighted by Crippen LogP contribution is 2.24. The minimum atomic E-state index is -0.490. The Hall–Kier alpha value is -1.75. The zero-order chi connectivity index (χ0) is 18.4. The molecule has 1 atom stereocenters. The van der Waals surface area contributed by atoms with Crippen LogP contribution in [0.3, 0.4) is 0 Å². The number of halogens is 3. The third-order valence-electron chi connectivity index (χ3n) is 3.40. The SMILES string of the molecule is CC(=O)NC(CC(=O)OCc1ccc(Cl)c(Cl)c1)c1ccc(Cl)cc1. The highest BCUT2D eigenvalue weighted by molar-refractivity contribution is 6.42. The van der Waals surface area contributed by atoms with Gasteiger partial charge in [0, 0.05) is 11.9 Å². The van der Waals surface area contributed by atoms with Crippen LogP contribution in [0.4, 0.5) is 0 Å². The van der Waals surface area contributed by atoms with Crippen molar-refractivity contribution in [1.29, 1.82) is 0 Å². The van der Waals surface area contributed by atoms with Gasteiger partial charge >= 0.3 is 5.97 Å². The van der Waals surface area contributed by atoms with Gasteiger partial charge in [0.15, 0.2) is 0 Å². The Morgan fingerprint density at radius 3 is 2.32 bits per heavy atom. The third kappa shape index (κ3) is 6.24. The largest absolute Gasteiger partial charge is 0.461 e. The predicted molar refractivity (Wildman–Crippen MR) is 98.9 cm³/mol. The lowest BCUT2D eigenvalue weighted by molar-refractivity contribution is -0.145. The molecule has 2 aromatic carbocycles. The first-order valence-electron chi connectivity index (χ1n) is 7.47. The van der Waals surface area contributed by atoms with Crippen LogP contribution in [0.5, 0.6) is 0 Å². The van der Waals surface area contributed by atoms with Gasteiger partial charge in [-0.3, -0.25) is 9.59 Å². The molecule has 0 aliphatic carbocycles. The van der Waals surface area contributed by atoms with E-state index in [9.17, 15) is 9.59 Å². The average molecular weight is 401 g/mol. The molecule has 1 amide bonds. The van der Waals surface area contributed by atoms with E-state index in [0.29, 0.717) is 15.1 Å². The van der Waals surface area contributed by atoms with Gasteiger partial charge in [-0.15, -0.1) is 0 Å². The number of carbonyl (C=O) groups excluding carboxylic acids is 2. The van der Waals surface area contributed by atoms with Gasteiger partial charge in [-0.05, 0) is 35.4 Å². The molecule has 0 aliphatic rings. The molecule has 4 nitrogen and oxygen atoms in total. The van der Waals surface area contributed by atoms with E-state index in [-0.39, 0.29) is 18.9 Å². The van der Waals surface area contributed by atoms with Gasteiger partial charge in [0.05, 0.1) is 22.5 Å². The number of nitrogens with one attached hydrogen (secondary N) is 1. The van der Waals surface area contributed by atoms with Gasteiger partial charge < -0.3 is 10.1 Å². The minimum Gasteiger partial charge on any atom is -0.461 e. The minimum absolute atomic E-state index is 0.00251. The summed E-state index contributed by atoms with van der Waals surface area (Å²) < 4.78 is 5.26. The molecule has 0 saturated heterocycles. The maximum absolute atomic E-state index is 12.1. The highest BCUT2D eigenvalue weighted by atomic mass is 35.5. The van der Waals surface area contributed by atoms with Crippen molar-refractivity contribution in [3.8, 4) is 0 Å². The zero-order valence-electron chi connectivity index (χ0n) is 13.4. The van der Waals surface area contributed by atoms with E-state index < -0.39 is 12.0 Å². The third-order valence-corrected chi connectivity index (χ3v) is 4.40. The van der Waals surface area contributed by atoms with E-state index in [1.54, 1.807) is 42.5 Å². The summed E-state index contributed by atoms with van der Waals surface area (Å²) in [6.07, 6.45) is 0.00251. The van der Waals surface area contributed by atoms with Gasteiger partial charge in [-0.25, -0.2) is 0 Å². The molecule has 132 valence electrons. The van der Waals surface area contributed by atoms with E-state index in [0.717, 1.165) is 11.1 Å². The monoisotopic (exact) mass is 399 g/mol. The molecule has 1 N–H and O–H groups in total. The predicted octanol–water partition coefficient (Wildman–Crippen LogP) is 4.96. The Balaban J connectivity index is 1.99. The van der Waals surface area contributed by atoms with E-state index in [1.807, 2.05) is 0 Å². The molecule has 0 saturated carbocycles. The van der Waals surface area contributed by atoms with Crippen molar-refractivity contribution in [2.24, 2.45) is 0 Å². The lowest BCUT2D eigenvalue weighted by Gasteiger charge is -2.18. The van der Waals surface area contributed by atoms with Crippen LogP contribution in [0.25, 0.3) is 0 Å². The second-order valence-corrected chi connectivity index (χ2v) is 6.67. The number of amides is 1. The molecule has 0 aromatic heterocycles. The quantitative estimate of drug-likeness (QED) is 0.697. The first kappa shape index (κ1) is 19.6. The summed E-state index contributed by atoms with van der Waals surface area (Å²) in [5, 5.41) is 4.15. The number of hydrogen-bond acceptors (Lipinski definition) is 3. The van der Waals surface area contributed by atoms with Crippen LogP contribution < -0.4 is 5.32 Å². The van der Waals surface area contributed by atoms with Gasteiger partial charge in [0.25, 0.3) is 0 Å². The van der Waals surface area contributed by atoms with Crippen molar-refractivity contribution < 1.29 is 14.3 Å². The normalized spacial score (nSPS) is 11.7. The van der Waals surface area contributed by atoms with Gasteiger partial charge in [0.2, 0.25) is 5.91 Å². The first-order valence-corrected chi connectivity index (χ1v) is 8.60. The molecule has 25 heavy (non-hydrogen) atoms. The molecule has 2 rings (SSSR count). The summed E-state index contributed by atoms with van der Waals surface area (Å²) in [6.45, 7) is 1.47. The van der Waals surface area contributed by atoms with E-state index >= 15 is 0 Å². The Morgan fingerprint density at radius 2 is 1.72 bits per heavy atom. The Morgan fingerprint density at radius 1 is 1.04 bits per heavy atom. The molecular formula is C18H16Cl3NO3. The lowest BCUT2D eigenvalue weighted by Crippen LogP contribution is -2.28. The summed E-state index contributed by atoms with van der Waals surface area (Å²) in [5.41, 5.74) is 1.50. The summed E-state index contributed by atoms with van der Waals surface area (Å²) in [4.78, 5) is 23.5. The molecule has 1 unspecified atom stereocenters. The van der Waals surface area contributed by atoms with Crippen molar-refractivity contribution in [3.05, 3.63) is 68.7 Å². The van der Waals surface area contributed by atoms with Crippen LogP contribution in [-0.2, 0) is 20.9 Å². The van der Waals surface area contributed by atoms with Crippen LogP contribution in [0.15, 0.2) is 42.5 Å². The van der Waals surface area contributed by atoms with Crippen molar-refractivity contribution in [2.75, 3.05) is 0 Å². The second kappa shape index (κ2) is 9.09. The molecule has 0 bridgehead atoms. The van der Waals surface area contributed by atoms with Crippen molar-refractivity contribution >= 4 is 46.7 Å². The number of rotatable bonds is 6. The number of ether oxygens (including phenoxy) is 1. The smallest absolute Gasteiger partial charge is 0.308 e. The summed E-state index contributed by atoms with van der Waals surface area (Å²) >= 11 is 17.7. The highest BCUT2D eigenvalue weighted by Gasteiger charge is 2.18. The molecular weight excluding hydrogens is 385 g/mol. The standard InChI is InChI=1S/C18H16Cl3NO3/c1-11(23)22-17(13-3-5-14(19)6-4-13)9-18(24)25-10-12-2-7-15(20)16(21)8-12/h2-8,17H,9-10H2,1H3,(H,22,23). The fourth-order valence-electron chi connectivity index (χ4n) is 2.21. The summed E-state index contributed by atoms with van der Waals surface area (Å²) in [5.74, 6) is -0.683. The van der Waals surface area contributed by atoms with Crippen molar-refractivity contribution in [1.82, 2.24) is 5.32 Å². The molecule has 0 fully saturated rings. The zero-order valence-corrected chi connectivity index (χ0v) is 15.7.